The molecule has 5 nitrogen and oxygen atoms in total. The Morgan fingerprint density at radius 3 is 2.38 bits per heavy atom. The minimum absolute atomic E-state index is 0.0521. The first kappa shape index (κ1) is 17.0. The van der Waals surface area contributed by atoms with Gasteiger partial charge >= 0.3 is 5.97 Å². The second-order valence-corrected chi connectivity index (χ2v) is 5.30. The lowest BCUT2D eigenvalue weighted by Crippen LogP contribution is -2.37. The molecule has 21 heavy (non-hydrogen) atoms. The number of ether oxygens (including phenoxy) is 1. The van der Waals surface area contributed by atoms with E-state index in [2.05, 4.69) is 5.32 Å². The molecule has 0 aliphatic carbocycles. The first-order chi connectivity index (χ1) is 9.92. The van der Waals surface area contributed by atoms with Crippen molar-refractivity contribution >= 4 is 11.9 Å². The van der Waals surface area contributed by atoms with Gasteiger partial charge in [0.1, 0.15) is 5.75 Å². The SMILES string of the molecule is COc1ccc(CC(C)C(=O)NC(C)CCC(=O)O)cc1. The summed E-state index contributed by atoms with van der Waals surface area (Å²) < 4.78 is 5.09. The van der Waals surface area contributed by atoms with Crippen LogP contribution in [-0.4, -0.2) is 30.1 Å². The van der Waals surface area contributed by atoms with Crippen molar-refractivity contribution in [1.82, 2.24) is 5.32 Å². The smallest absolute Gasteiger partial charge is 0.303 e. The maximum absolute atomic E-state index is 12.0. The third-order valence-corrected chi connectivity index (χ3v) is 3.33. The van der Waals surface area contributed by atoms with Crippen LogP contribution in [0.3, 0.4) is 0 Å². The van der Waals surface area contributed by atoms with Gasteiger partial charge in [-0.15, -0.1) is 0 Å². The van der Waals surface area contributed by atoms with E-state index in [4.69, 9.17) is 9.84 Å². The average molecular weight is 293 g/mol. The number of carboxylic acids is 1. The molecule has 1 rings (SSSR count). The summed E-state index contributed by atoms with van der Waals surface area (Å²) in [5.41, 5.74) is 1.07. The highest BCUT2D eigenvalue weighted by atomic mass is 16.5. The molecule has 0 spiro atoms. The van der Waals surface area contributed by atoms with Crippen LogP contribution < -0.4 is 10.1 Å². The highest BCUT2D eigenvalue weighted by Gasteiger charge is 2.16. The molecule has 0 saturated carbocycles. The largest absolute Gasteiger partial charge is 0.497 e. The van der Waals surface area contributed by atoms with Crippen LogP contribution in [0.25, 0.3) is 0 Å². The van der Waals surface area contributed by atoms with Gasteiger partial charge in [0.05, 0.1) is 7.11 Å². The number of aliphatic carboxylic acids is 1. The van der Waals surface area contributed by atoms with E-state index in [-0.39, 0.29) is 24.3 Å². The molecule has 0 aliphatic heterocycles. The van der Waals surface area contributed by atoms with E-state index < -0.39 is 5.97 Å². The number of hydrogen-bond donors (Lipinski definition) is 2. The lowest BCUT2D eigenvalue weighted by molar-refractivity contribution is -0.137. The molecule has 1 aromatic carbocycles. The number of methoxy groups -OCH3 is 1. The van der Waals surface area contributed by atoms with E-state index in [0.717, 1.165) is 11.3 Å². The Morgan fingerprint density at radius 2 is 1.86 bits per heavy atom. The Kier molecular flexibility index (Phi) is 6.72. The van der Waals surface area contributed by atoms with E-state index in [0.29, 0.717) is 12.8 Å². The second-order valence-electron chi connectivity index (χ2n) is 5.30. The van der Waals surface area contributed by atoms with Gasteiger partial charge in [-0.2, -0.15) is 0 Å². The van der Waals surface area contributed by atoms with E-state index in [1.807, 2.05) is 38.1 Å². The lowest BCUT2D eigenvalue weighted by atomic mass is 9.99. The molecule has 1 amide bonds. The third kappa shape index (κ3) is 6.29. The van der Waals surface area contributed by atoms with Crippen LogP contribution in [0.5, 0.6) is 5.75 Å². The third-order valence-electron chi connectivity index (χ3n) is 3.33. The second kappa shape index (κ2) is 8.29. The summed E-state index contributed by atoms with van der Waals surface area (Å²) in [6.07, 6.45) is 1.14. The maximum Gasteiger partial charge on any atom is 0.303 e. The summed E-state index contributed by atoms with van der Waals surface area (Å²) in [7, 11) is 1.61. The molecule has 0 bridgehead atoms. The minimum atomic E-state index is -0.845. The van der Waals surface area contributed by atoms with Crippen LogP contribution in [0.2, 0.25) is 0 Å². The number of amides is 1. The van der Waals surface area contributed by atoms with Gasteiger partial charge in [-0.3, -0.25) is 9.59 Å². The van der Waals surface area contributed by atoms with Gasteiger partial charge in [0.25, 0.3) is 0 Å². The van der Waals surface area contributed by atoms with Gasteiger partial charge in [0.15, 0.2) is 0 Å². The monoisotopic (exact) mass is 293 g/mol. The first-order valence-electron chi connectivity index (χ1n) is 7.07. The number of rotatable bonds is 8. The minimum Gasteiger partial charge on any atom is -0.497 e. The number of hydrogen-bond acceptors (Lipinski definition) is 3. The molecule has 1 aromatic rings. The van der Waals surface area contributed by atoms with E-state index in [9.17, 15) is 9.59 Å². The van der Waals surface area contributed by atoms with Crippen LogP contribution in [0.1, 0.15) is 32.3 Å². The molecule has 116 valence electrons. The van der Waals surface area contributed by atoms with Crippen molar-refractivity contribution in [2.45, 2.75) is 39.2 Å². The van der Waals surface area contributed by atoms with E-state index >= 15 is 0 Å². The fourth-order valence-electron chi connectivity index (χ4n) is 2.01. The van der Waals surface area contributed by atoms with Crippen LogP contribution in [0, 0.1) is 5.92 Å². The summed E-state index contributed by atoms with van der Waals surface area (Å²) in [4.78, 5) is 22.5. The zero-order chi connectivity index (χ0) is 15.8. The average Bonchev–Trinajstić information content (AvgIpc) is 2.45. The molecule has 0 radical (unpaired) electrons. The Bertz CT molecular complexity index is 470. The molecular formula is C16H23NO4. The van der Waals surface area contributed by atoms with Gasteiger partial charge in [-0.05, 0) is 37.5 Å². The summed E-state index contributed by atoms with van der Waals surface area (Å²) in [6, 6.07) is 7.49. The molecule has 0 aliphatic rings. The Morgan fingerprint density at radius 1 is 1.24 bits per heavy atom. The predicted octanol–water partition coefficient (Wildman–Crippen LogP) is 2.24. The molecule has 5 heteroatoms. The normalized spacial score (nSPS) is 13.3. The standard InChI is InChI=1S/C16H23NO4/c1-11(10-13-5-7-14(21-3)8-6-13)16(20)17-12(2)4-9-15(18)19/h5-8,11-12H,4,9-10H2,1-3H3,(H,17,20)(H,18,19). The Hall–Kier alpha value is -2.04. The Balaban J connectivity index is 2.44. The number of nitrogens with one attached hydrogen (secondary N) is 1. The van der Waals surface area contributed by atoms with E-state index in [1.54, 1.807) is 7.11 Å². The molecule has 2 unspecified atom stereocenters. The fourth-order valence-corrected chi connectivity index (χ4v) is 2.01. The molecule has 0 fully saturated rings. The van der Waals surface area contributed by atoms with Crippen LogP contribution in [0.15, 0.2) is 24.3 Å². The molecule has 0 heterocycles. The number of carbonyl (C=O) groups excluding carboxylic acids is 1. The predicted molar refractivity (Wildman–Crippen MR) is 80.3 cm³/mol. The van der Waals surface area contributed by atoms with Crippen LogP contribution >= 0.6 is 0 Å². The van der Waals surface area contributed by atoms with Crippen molar-refractivity contribution in [3.8, 4) is 5.75 Å². The van der Waals surface area contributed by atoms with Gasteiger partial charge in [0, 0.05) is 18.4 Å². The van der Waals surface area contributed by atoms with Crippen LogP contribution in [0.4, 0.5) is 0 Å². The van der Waals surface area contributed by atoms with Gasteiger partial charge in [-0.25, -0.2) is 0 Å². The van der Waals surface area contributed by atoms with Crippen molar-refractivity contribution in [1.29, 1.82) is 0 Å². The number of carboxylic acid groups (broad SMARTS) is 1. The topological polar surface area (TPSA) is 75.6 Å². The van der Waals surface area contributed by atoms with E-state index in [1.165, 1.54) is 0 Å². The van der Waals surface area contributed by atoms with Crippen molar-refractivity contribution in [3.05, 3.63) is 29.8 Å². The molecule has 2 N–H and O–H groups in total. The van der Waals surface area contributed by atoms with Crippen molar-refractivity contribution < 1.29 is 19.4 Å². The highest BCUT2D eigenvalue weighted by Crippen LogP contribution is 2.15. The van der Waals surface area contributed by atoms with Crippen molar-refractivity contribution in [2.24, 2.45) is 5.92 Å². The zero-order valence-electron chi connectivity index (χ0n) is 12.8. The summed E-state index contributed by atoms with van der Waals surface area (Å²) >= 11 is 0. The van der Waals surface area contributed by atoms with Crippen LogP contribution in [-0.2, 0) is 16.0 Å². The van der Waals surface area contributed by atoms with Gasteiger partial charge < -0.3 is 15.2 Å². The maximum atomic E-state index is 12.0. The molecule has 2 atom stereocenters. The van der Waals surface area contributed by atoms with Gasteiger partial charge in [0.2, 0.25) is 5.91 Å². The number of benzene rings is 1. The summed E-state index contributed by atoms with van der Waals surface area (Å²) in [5, 5.41) is 11.5. The molecule has 0 aromatic heterocycles. The highest BCUT2D eigenvalue weighted by molar-refractivity contribution is 5.79. The molecular weight excluding hydrogens is 270 g/mol. The Labute approximate surface area is 125 Å². The fraction of sp³-hybridized carbons (Fsp3) is 0.500. The van der Waals surface area contributed by atoms with Crippen molar-refractivity contribution in [2.75, 3.05) is 7.11 Å². The first-order valence-corrected chi connectivity index (χ1v) is 7.07. The number of carbonyl (C=O) groups is 2. The molecule has 0 saturated heterocycles. The summed E-state index contributed by atoms with van der Waals surface area (Å²) in [6.45, 7) is 3.68. The quantitative estimate of drug-likeness (QED) is 0.770. The summed E-state index contributed by atoms with van der Waals surface area (Å²) in [5.74, 6) is -0.269. The lowest BCUT2D eigenvalue weighted by Gasteiger charge is -2.17. The van der Waals surface area contributed by atoms with Gasteiger partial charge in [-0.1, -0.05) is 19.1 Å². The zero-order valence-corrected chi connectivity index (χ0v) is 12.8. The van der Waals surface area contributed by atoms with Crippen molar-refractivity contribution in [3.63, 3.8) is 0 Å².